The number of thiocarbonyl (C=S) groups is 1. The fraction of sp³-hybridized carbons (Fsp3) is 0.200. The molecule has 3 N–H and O–H groups in total. The van der Waals surface area contributed by atoms with Crippen molar-refractivity contribution in [2.75, 3.05) is 0 Å². The van der Waals surface area contributed by atoms with Crippen LogP contribution in [0.25, 0.3) is 10.9 Å². The van der Waals surface area contributed by atoms with Gasteiger partial charge in [-0.05, 0) is 29.4 Å². The van der Waals surface area contributed by atoms with Crippen LogP contribution in [-0.4, -0.2) is 32.1 Å². The fourth-order valence-corrected chi connectivity index (χ4v) is 3.78. The van der Waals surface area contributed by atoms with Crippen LogP contribution in [0.5, 0.6) is 0 Å². The molecular weight excluding hydrogens is 346 g/mol. The van der Waals surface area contributed by atoms with Gasteiger partial charge in [0.05, 0.1) is 6.54 Å². The minimum atomic E-state index is -0.857. The summed E-state index contributed by atoms with van der Waals surface area (Å²) >= 11 is 5.52. The molecule has 2 heterocycles. The summed E-state index contributed by atoms with van der Waals surface area (Å²) < 4.78 is 0. The van der Waals surface area contributed by atoms with Gasteiger partial charge >= 0.3 is 5.97 Å². The van der Waals surface area contributed by atoms with Gasteiger partial charge in [0, 0.05) is 29.6 Å². The fourth-order valence-electron chi connectivity index (χ4n) is 3.52. The molecule has 0 saturated heterocycles. The number of fused-ring (bicyclic) bond motifs is 3. The van der Waals surface area contributed by atoms with Crippen molar-refractivity contribution in [1.29, 1.82) is 0 Å². The number of hydrogen-bond donors (Lipinski definition) is 3. The van der Waals surface area contributed by atoms with Gasteiger partial charge in [0.1, 0.15) is 6.04 Å². The van der Waals surface area contributed by atoms with E-state index in [1.54, 1.807) is 4.90 Å². The lowest BCUT2D eigenvalue weighted by Gasteiger charge is -2.35. The van der Waals surface area contributed by atoms with Crippen molar-refractivity contribution >= 4 is 34.2 Å². The second kappa shape index (κ2) is 6.80. The molecule has 6 heteroatoms. The number of benzene rings is 2. The zero-order valence-electron chi connectivity index (χ0n) is 14.1. The topological polar surface area (TPSA) is 68.4 Å². The van der Waals surface area contributed by atoms with Gasteiger partial charge in [0.2, 0.25) is 0 Å². The van der Waals surface area contributed by atoms with E-state index in [1.165, 1.54) is 0 Å². The molecule has 3 aromatic rings. The number of para-hydroxylation sites is 1. The van der Waals surface area contributed by atoms with Gasteiger partial charge in [-0.1, -0.05) is 48.5 Å². The number of nitrogens with zero attached hydrogens (tertiary/aromatic N) is 1. The Morgan fingerprint density at radius 2 is 1.92 bits per heavy atom. The molecule has 1 unspecified atom stereocenters. The normalized spacial score (nSPS) is 16.3. The van der Waals surface area contributed by atoms with Crippen molar-refractivity contribution in [2.24, 2.45) is 0 Å². The van der Waals surface area contributed by atoms with Gasteiger partial charge in [0.25, 0.3) is 0 Å². The largest absolute Gasteiger partial charge is 0.480 e. The number of carbonyl (C=O) groups is 1. The summed E-state index contributed by atoms with van der Waals surface area (Å²) in [7, 11) is 0. The molecule has 0 fully saturated rings. The number of aromatic amines is 1. The zero-order valence-corrected chi connectivity index (χ0v) is 14.9. The van der Waals surface area contributed by atoms with Crippen molar-refractivity contribution in [3.8, 4) is 0 Å². The number of aliphatic carboxylic acids is 1. The van der Waals surface area contributed by atoms with E-state index in [4.69, 9.17) is 12.2 Å². The third-order valence-electron chi connectivity index (χ3n) is 4.84. The van der Waals surface area contributed by atoms with E-state index in [9.17, 15) is 9.90 Å². The molecule has 1 aromatic heterocycles. The summed E-state index contributed by atoms with van der Waals surface area (Å²) in [6.07, 6.45) is 0.432. The third-order valence-corrected chi connectivity index (χ3v) is 5.22. The van der Waals surface area contributed by atoms with Gasteiger partial charge in [-0.25, -0.2) is 4.79 Å². The maximum atomic E-state index is 11.9. The summed E-state index contributed by atoms with van der Waals surface area (Å²) in [5, 5.41) is 14.5. The van der Waals surface area contributed by atoms with Gasteiger partial charge in [-0.2, -0.15) is 0 Å². The van der Waals surface area contributed by atoms with E-state index in [1.807, 2.05) is 54.6 Å². The molecular formula is C20H19N3O2S. The van der Waals surface area contributed by atoms with E-state index in [0.717, 1.165) is 27.7 Å². The Morgan fingerprint density at radius 3 is 2.69 bits per heavy atom. The monoisotopic (exact) mass is 365 g/mol. The third kappa shape index (κ3) is 3.04. The Bertz CT molecular complexity index is 968. The summed E-state index contributed by atoms with van der Waals surface area (Å²) in [4.78, 5) is 17.0. The number of hydrogen-bond acceptors (Lipinski definition) is 2. The van der Waals surface area contributed by atoms with Crippen LogP contribution in [0.1, 0.15) is 16.8 Å². The number of rotatable bonds is 3. The lowest BCUT2D eigenvalue weighted by atomic mass is 9.97. The van der Waals surface area contributed by atoms with Crippen LogP contribution in [0, 0.1) is 0 Å². The van der Waals surface area contributed by atoms with Crippen molar-refractivity contribution < 1.29 is 9.90 Å². The Hall–Kier alpha value is -2.86. The van der Waals surface area contributed by atoms with Crippen LogP contribution in [0.2, 0.25) is 0 Å². The van der Waals surface area contributed by atoms with Gasteiger partial charge < -0.3 is 20.3 Å². The summed E-state index contributed by atoms with van der Waals surface area (Å²) in [6, 6.07) is 17.3. The van der Waals surface area contributed by atoms with Gasteiger partial charge in [-0.15, -0.1) is 0 Å². The van der Waals surface area contributed by atoms with Crippen LogP contribution in [0.15, 0.2) is 54.6 Å². The average molecular weight is 365 g/mol. The van der Waals surface area contributed by atoms with Crippen LogP contribution >= 0.6 is 12.2 Å². The minimum Gasteiger partial charge on any atom is -0.480 e. The van der Waals surface area contributed by atoms with E-state index >= 15 is 0 Å². The quantitative estimate of drug-likeness (QED) is 0.623. The Morgan fingerprint density at radius 1 is 1.19 bits per heavy atom. The predicted molar refractivity (Wildman–Crippen MR) is 105 cm³/mol. The molecule has 0 aliphatic carbocycles. The highest BCUT2D eigenvalue weighted by molar-refractivity contribution is 7.80. The highest BCUT2D eigenvalue weighted by Crippen LogP contribution is 2.30. The number of nitrogens with one attached hydrogen (secondary N) is 2. The minimum absolute atomic E-state index is 0.432. The molecule has 132 valence electrons. The molecule has 4 rings (SSSR count). The van der Waals surface area contributed by atoms with Crippen LogP contribution in [0.3, 0.4) is 0 Å². The van der Waals surface area contributed by atoms with Crippen molar-refractivity contribution in [3.63, 3.8) is 0 Å². The molecule has 0 spiro atoms. The molecule has 1 atom stereocenters. The first kappa shape index (κ1) is 16.6. The maximum Gasteiger partial charge on any atom is 0.326 e. The number of carboxylic acids is 1. The van der Waals surface area contributed by atoms with Crippen molar-refractivity contribution in [2.45, 2.75) is 25.6 Å². The second-order valence-corrected chi connectivity index (χ2v) is 6.84. The van der Waals surface area contributed by atoms with Crippen molar-refractivity contribution in [1.82, 2.24) is 15.2 Å². The Labute approximate surface area is 156 Å². The first-order valence-corrected chi connectivity index (χ1v) is 8.94. The predicted octanol–water partition coefficient (Wildman–Crippen LogP) is 3.05. The number of aromatic nitrogens is 1. The average Bonchev–Trinajstić information content (AvgIpc) is 3.03. The highest BCUT2D eigenvalue weighted by Gasteiger charge is 2.34. The van der Waals surface area contributed by atoms with Crippen LogP contribution < -0.4 is 5.32 Å². The first-order valence-electron chi connectivity index (χ1n) is 8.53. The SMILES string of the molecule is O=C(O)C1Cc2c([nH]c3ccccc23)CN1C(=S)NCc1ccccc1. The number of carboxylic acid groups (broad SMARTS) is 1. The lowest BCUT2D eigenvalue weighted by molar-refractivity contribution is -0.142. The summed E-state index contributed by atoms with van der Waals surface area (Å²) in [6.45, 7) is 1.03. The van der Waals surface area contributed by atoms with Crippen molar-refractivity contribution in [3.05, 3.63) is 71.4 Å². The van der Waals surface area contributed by atoms with Crippen LogP contribution in [-0.2, 0) is 24.3 Å². The molecule has 1 aliphatic rings. The van der Waals surface area contributed by atoms with Crippen LogP contribution in [0.4, 0.5) is 0 Å². The van der Waals surface area contributed by atoms with Gasteiger partial charge in [0.15, 0.2) is 5.11 Å². The number of H-pyrrole nitrogens is 1. The Balaban J connectivity index is 1.58. The molecule has 26 heavy (non-hydrogen) atoms. The van der Waals surface area contributed by atoms with E-state index in [2.05, 4.69) is 10.3 Å². The molecule has 0 bridgehead atoms. The van der Waals surface area contributed by atoms with E-state index in [0.29, 0.717) is 24.6 Å². The Kier molecular flexibility index (Phi) is 4.34. The van der Waals surface area contributed by atoms with E-state index in [-0.39, 0.29) is 0 Å². The van der Waals surface area contributed by atoms with E-state index < -0.39 is 12.0 Å². The summed E-state index contributed by atoms with van der Waals surface area (Å²) in [5.41, 5.74) is 4.25. The zero-order chi connectivity index (χ0) is 18.1. The molecule has 2 aromatic carbocycles. The standard InChI is InChI=1S/C20H19N3O2S/c24-19(25)18-10-15-14-8-4-5-9-16(14)22-17(15)12-23(18)20(26)21-11-13-6-2-1-3-7-13/h1-9,18,22H,10-12H2,(H,21,26)(H,24,25). The van der Waals surface area contributed by atoms with Gasteiger partial charge in [-0.3, -0.25) is 0 Å². The molecule has 0 amide bonds. The molecule has 5 nitrogen and oxygen atoms in total. The molecule has 0 radical (unpaired) electrons. The second-order valence-electron chi connectivity index (χ2n) is 6.46. The molecule has 0 saturated carbocycles. The first-order chi connectivity index (χ1) is 12.6. The highest BCUT2D eigenvalue weighted by atomic mass is 32.1. The maximum absolute atomic E-state index is 11.9. The smallest absolute Gasteiger partial charge is 0.326 e. The molecule has 1 aliphatic heterocycles. The lowest BCUT2D eigenvalue weighted by Crippen LogP contribution is -2.51. The summed E-state index contributed by atoms with van der Waals surface area (Å²) in [5.74, 6) is -0.857.